The Hall–Kier alpha value is -7.56. The molecule has 0 bridgehead atoms. The molecule has 4 heteroatoms. The largest absolute Gasteiger partial charge is 0.310 e. The van der Waals surface area contributed by atoms with E-state index in [2.05, 4.69) is 208 Å². The van der Waals surface area contributed by atoms with Gasteiger partial charge in [-0.05, 0) is 93.2 Å². The normalized spacial score (nSPS) is 12.8. The van der Waals surface area contributed by atoms with E-state index in [-0.39, 0.29) is 6.71 Å². The Morgan fingerprint density at radius 3 is 1.48 bits per heavy atom. The first-order valence-corrected chi connectivity index (χ1v) is 20.2. The molecule has 0 saturated heterocycles. The molecule has 58 heavy (non-hydrogen) atoms. The molecule has 3 nitrogen and oxygen atoms in total. The van der Waals surface area contributed by atoms with Crippen molar-refractivity contribution in [1.29, 1.82) is 0 Å². The number of fused-ring (bicyclic) bond motifs is 14. The van der Waals surface area contributed by atoms with Crippen LogP contribution >= 0.6 is 0 Å². The van der Waals surface area contributed by atoms with Crippen molar-refractivity contribution < 1.29 is 0 Å². The first-order valence-electron chi connectivity index (χ1n) is 20.2. The molecule has 266 valence electrons. The summed E-state index contributed by atoms with van der Waals surface area (Å²) < 4.78 is 7.70. The Morgan fingerprint density at radius 1 is 0.293 bits per heavy atom. The lowest BCUT2D eigenvalue weighted by atomic mass is 9.34. The van der Waals surface area contributed by atoms with Gasteiger partial charge in [0.25, 0.3) is 6.71 Å². The Labute approximate surface area is 334 Å². The zero-order chi connectivity index (χ0) is 37.6. The minimum Gasteiger partial charge on any atom is -0.310 e. The fraction of sp³-hybridized carbons (Fsp3) is 0. The van der Waals surface area contributed by atoms with Gasteiger partial charge in [0.05, 0.1) is 27.6 Å². The van der Waals surface area contributed by atoms with Crippen molar-refractivity contribution in [2.24, 2.45) is 0 Å². The number of hydrogen-bond acceptors (Lipinski definition) is 0. The molecular formula is C54H32BN3. The molecule has 0 unspecified atom stereocenters. The maximum atomic E-state index is 2.58. The molecule has 2 aliphatic rings. The van der Waals surface area contributed by atoms with E-state index >= 15 is 0 Å². The molecule has 0 radical (unpaired) electrons. The molecule has 0 amide bonds. The lowest BCUT2D eigenvalue weighted by molar-refractivity contribution is 1.14. The van der Waals surface area contributed by atoms with Gasteiger partial charge in [-0.2, -0.15) is 0 Å². The predicted molar refractivity (Wildman–Crippen MR) is 245 cm³/mol. The molecule has 0 N–H and O–H groups in total. The third-order valence-corrected chi connectivity index (χ3v) is 13.2. The van der Waals surface area contributed by atoms with Crippen molar-refractivity contribution in [1.82, 2.24) is 13.7 Å². The van der Waals surface area contributed by atoms with Gasteiger partial charge in [-0.25, -0.2) is 0 Å². The van der Waals surface area contributed by atoms with Gasteiger partial charge in [-0.3, -0.25) is 0 Å². The topological polar surface area (TPSA) is 14.8 Å². The molecule has 14 rings (SSSR count). The first-order chi connectivity index (χ1) is 28.8. The number of nitrogens with zero attached hydrogens (tertiary/aromatic N) is 3. The van der Waals surface area contributed by atoms with Gasteiger partial charge < -0.3 is 13.7 Å². The number of hydrogen-bond donors (Lipinski definition) is 0. The van der Waals surface area contributed by atoms with Gasteiger partial charge in [-0.1, -0.05) is 140 Å². The second kappa shape index (κ2) is 11.1. The summed E-state index contributed by atoms with van der Waals surface area (Å²) in [5, 5.41) is 7.76. The summed E-state index contributed by atoms with van der Waals surface area (Å²) in [6.45, 7) is 0.0172. The van der Waals surface area contributed by atoms with Crippen LogP contribution in [0.4, 0.5) is 0 Å². The number of rotatable bonds is 3. The van der Waals surface area contributed by atoms with Gasteiger partial charge >= 0.3 is 0 Å². The highest BCUT2D eigenvalue weighted by atomic mass is 15.0. The van der Waals surface area contributed by atoms with E-state index < -0.39 is 0 Å². The molecule has 0 aliphatic carbocycles. The third-order valence-electron chi connectivity index (χ3n) is 13.2. The maximum Gasteiger partial charge on any atom is 0.254 e. The van der Waals surface area contributed by atoms with Crippen molar-refractivity contribution in [3.8, 4) is 39.3 Å². The van der Waals surface area contributed by atoms with Crippen LogP contribution in [0.25, 0.3) is 105 Å². The van der Waals surface area contributed by atoms with Crippen molar-refractivity contribution in [2.45, 2.75) is 0 Å². The highest BCUT2D eigenvalue weighted by Gasteiger charge is 2.42. The lowest BCUT2D eigenvalue weighted by Gasteiger charge is -2.34. The number of para-hydroxylation sites is 4. The van der Waals surface area contributed by atoms with Crippen molar-refractivity contribution in [2.75, 3.05) is 0 Å². The molecule has 0 saturated carbocycles. The zero-order valence-electron chi connectivity index (χ0n) is 31.4. The highest BCUT2D eigenvalue weighted by molar-refractivity contribution is 7.01. The average Bonchev–Trinajstić information content (AvgIpc) is 3.94. The van der Waals surface area contributed by atoms with E-state index in [0.29, 0.717) is 0 Å². The van der Waals surface area contributed by atoms with E-state index in [1.165, 1.54) is 115 Å². The first kappa shape index (κ1) is 30.6. The van der Waals surface area contributed by atoms with Gasteiger partial charge in [-0.15, -0.1) is 0 Å². The smallest absolute Gasteiger partial charge is 0.254 e. The minimum absolute atomic E-state index is 0.0172. The van der Waals surface area contributed by atoms with Gasteiger partial charge in [0.2, 0.25) is 0 Å². The lowest BCUT2D eigenvalue weighted by Crippen LogP contribution is -2.59. The van der Waals surface area contributed by atoms with E-state index in [4.69, 9.17) is 0 Å². The molecule has 0 fully saturated rings. The van der Waals surface area contributed by atoms with Gasteiger partial charge in [0, 0.05) is 54.9 Å². The fourth-order valence-electron chi connectivity index (χ4n) is 10.9. The van der Waals surface area contributed by atoms with Crippen LogP contribution in [0, 0.1) is 0 Å². The van der Waals surface area contributed by atoms with Crippen LogP contribution in [-0.2, 0) is 0 Å². The van der Waals surface area contributed by atoms with Gasteiger partial charge in [0.15, 0.2) is 0 Å². The molecule has 2 aliphatic heterocycles. The molecule has 3 aromatic heterocycles. The Bertz CT molecular complexity index is 3750. The summed E-state index contributed by atoms with van der Waals surface area (Å²) in [4.78, 5) is 0. The van der Waals surface area contributed by atoms with Crippen LogP contribution in [0.3, 0.4) is 0 Å². The summed E-state index contributed by atoms with van der Waals surface area (Å²) in [7, 11) is 0. The summed E-state index contributed by atoms with van der Waals surface area (Å²) in [5.74, 6) is 0. The quantitative estimate of drug-likeness (QED) is 0.161. The van der Waals surface area contributed by atoms with Crippen molar-refractivity contribution in [3.63, 3.8) is 0 Å². The fourth-order valence-corrected chi connectivity index (χ4v) is 10.9. The second-order valence-electron chi connectivity index (χ2n) is 16.0. The van der Waals surface area contributed by atoms with E-state index in [1.54, 1.807) is 0 Å². The van der Waals surface area contributed by atoms with Crippen LogP contribution < -0.4 is 16.4 Å². The monoisotopic (exact) mass is 733 g/mol. The Balaban J connectivity index is 1.14. The highest BCUT2D eigenvalue weighted by Crippen LogP contribution is 2.43. The van der Waals surface area contributed by atoms with E-state index in [9.17, 15) is 0 Å². The minimum atomic E-state index is 0.0172. The van der Waals surface area contributed by atoms with Gasteiger partial charge in [0.1, 0.15) is 0 Å². The van der Waals surface area contributed by atoms with Crippen LogP contribution in [0.15, 0.2) is 194 Å². The molecule has 9 aromatic carbocycles. The Morgan fingerprint density at radius 2 is 0.776 bits per heavy atom. The molecule has 12 aromatic rings. The number of benzene rings is 9. The summed E-state index contributed by atoms with van der Waals surface area (Å²) in [6.07, 6.45) is 0. The molecular weight excluding hydrogens is 701 g/mol. The standard InChI is InChI=1S/C54H32BN3/c1-2-14-33(15-3-1)34-16-10-17-35(30-34)36-18-11-19-37(31-36)56-45-25-7-5-21-39(45)42-32-43-40-22-6-9-27-47(40)58-49-29-13-28-48-50(49)55(51(53(42)56)54(43)58)44-24-12-23-41-38-20-4-8-26-46(38)57(48)52(41)44/h1-32H. The van der Waals surface area contributed by atoms with E-state index in [1.807, 2.05) is 0 Å². The van der Waals surface area contributed by atoms with Crippen molar-refractivity contribution in [3.05, 3.63) is 194 Å². The maximum absolute atomic E-state index is 2.58. The molecule has 0 atom stereocenters. The number of aromatic nitrogens is 3. The zero-order valence-corrected chi connectivity index (χ0v) is 31.4. The molecule has 0 spiro atoms. The SMILES string of the molecule is c1ccc(-c2cccc(-c3cccc(-n4c5ccccc5c5cc6c7ccccc7n7c6c(c54)B4c5c(cccc5-7)-n5c6ccccc6c6cccc4c65)c3)c2)cc1. The van der Waals surface area contributed by atoms with Crippen LogP contribution in [0.5, 0.6) is 0 Å². The van der Waals surface area contributed by atoms with Crippen LogP contribution in [0.2, 0.25) is 0 Å². The summed E-state index contributed by atoms with van der Waals surface area (Å²) >= 11 is 0. The Kier molecular flexibility index (Phi) is 5.84. The summed E-state index contributed by atoms with van der Waals surface area (Å²) in [6, 6.07) is 72.2. The van der Waals surface area contributed by atoms with Crippen LogP contribution in [0.1, 0.15) is 0 Å². The van der Waals surface area contributed by atoms with E-state index in [0.717, 1.165) is 5.69 Å². The van der Waals surface area contributed by atoms with Crippen molar-refractivity contribution >= 4 is 88.5 Å². The predicted octanol–water partition coefficient (Wildman–Crippen LogP) is 11.5. The average molecular weight is 734 g/mol. The van der Waals surface area contributed by atoms with Crippen LogP contribution in [-0.4, -0.2) is 20.4 Å². The molecule has 5 heterocycles. The summed E-state index contributed by atoms with van der Waals surface area (Å²) in [5.41, 5.74) is 20.3. The third kappa shape index (κ3) is 3.80. The second-order valence-corrected chi connectivity index (χ2v) is 16.0.